The number of carbonyl (C=O) groups excluding carboxylic acids is 1. The number of aromatic nitrogens is 1. The SMILES string of the molecule is O=C(NCC[C@H]1CCCN1)c1ccc(C(F)(F)F)nc1. The molecule has 1 aliphatic heterocycles. The fourth-order valence-corrected chi connectivity index (χ4v) is 2.16. The van der Waals surface area contributed by atoms with Crippen LogP contribution in [0.4, 0.5) is 13.2 Å². The molecule has 1 amide bonds. The molecule has 1 atom stereocenters. The number of halogens is 3. The standard InChI is InChI=1S/C13H16F3N3O/c14-13(15,16)11-4-3-9(8-19-11)12(20)18-7-5-10-2-1-6-17-10/h3-4,8,10,17H,1-2,5-7H2,(H,18,20)/t10-/m1/s1. The summed E-state index contributed by atoms with van der Waals surface area (Å²) in [5.74, 6) is -0.399. The van der Waals surface area contributed by atoms with Crippen LogP contribution in [0, 0.1) is 0 Å². The number of nitrogens with one attached hydrogen (secondary N) is 2. The van der Waals surface area contributed by atoms with Crippen LogP contribution in [-0.4, -0.2) is 30.0 Å². The van der Waals surface area contributed by atoms with Crippen LogP contribution in [0.25, 0.3) is 0 Å². The Morgan fingerprint density at radius 1 is 1.45 bits per heavy atom. The van der Waals surface area contributed by atoms with Crippen LogP contribution in [0.15, 0.2) is 18.3 Å². The van der Waals surface area contributed by atoms with Crippen molar-refractivity contribution in [2.24, 2.45) is 0 Å². The minimum Gasteiger partial charge on any atom is -0.352 e. The number of pyridine rings is 1. The van der Waals surface area contributed by atoms with E-state index in [-0.39, 0.29) is 5.56 Å². The molecular weight excluding hydrogens is 271 g/mol. The molecule has 0 bridgehead atoms. The molecule has 0 spiro atoms. The quantitative estimate of drug-likeness (QED) is 0.890. The largest absolute Gasteiger partial charge is 0.433 e. The molecule has 2 N–H and O–H groups in total. The molecule has 4 nitrogen and oxygen atoms in total. The van der Waals surface area contributed by atoms with Gasteiger partial charge in [0.25, 0.3) is 5.91 Å². The molecule has 2 heterocycles. The average Bonchev–Trinajstić information content (AvgIpc) is 2.91. The van der Waals surface area contributed by atoms with Gasteiger partial charge in [-0.25, -0.2) is 0 Å². The molecule has 20 heavy (non-hydrogen) atoms. The number of nitrogens with zero attached hydrogens (tertiary/aromatic N) is 1. The predicted octanol–water partition coefficient (Wildman–Crippen LogP) is 1.97. The van der Waals surface area contributed by atoms with Crippen LogP contribution in [-0.2, 0) is 6.18 Å². The van der Waals surface area contributed by atoms with Crippen molar-refractivity contribution < 1.29 is 18.0 Å². The molecule has 0 aromatic carbocycles. The summed E-state index contributed by atoms with van der Waals surface area (Å²) < 4.78 is 37.0. The molecule has 2 rings (SSSR count). The molecule has 1 saturated heterocycles. The van der Waals surface area contributed by atoms with Gasteiger partial charge in [-0.3, -0.25) is 9.78 Å². The minimum atomic E-state index is -4.48. The molecule has 7 heteroatoms. The van der Waals surface area contributed by atoms with Gasteiger partial charge in [-0.05, 0) is 37.9 Å². The first-order chi connectivity index (χ1) is 9.47. The van der Waals surface area contributed by atoms with Crippen LogP contribution in [0.5, 0.6) is 0 Å². The monoisotopic (exact) mass is 287 g/mol. The second-order valence-electron chi connectivity index (χ2n) is 4.77. The first-order valence-corrected chi connectivity index (χ1v) is 6.51. The summed E-state index contributed by atoms with van der Waals surface area (Å²) in [7, 11) is 0. The fourth-order valence-electron chi connectivity index (χ4n) is 2.16. The maximum absolute atomic E-state index is 12.3. The molecule has 0 radical (unpaired) electrons. The van der Waals surface area contributed by atoms with E-state index >= 15 is 0 Å². The first-order valence-electron chi connectivity index (χ1n) is 6.51. The van der Waals surface area contributed by atoms with E-state index < -0.39 is 17.8 Å². The van der Waals surface area contributed by atoms with Gasteiger partial charge in [-0.15, -0.1) is 0 Å². The second kappa shape index (κ2) is 6.21. The van der Waals surface area contributed by atoms with E-state index in [2.05, 4.69) is 15.6 Å². The van der Waals surface area contributed by atoms with Crippen LogP contribution < -0.4 is 10.6 Å². The Kier molecular flexibility index (Phi) is 4.59. The zero-order chi connectivity index (χ0) is 14.6. The van der Waals surface area contributed by atoms with Gasteiger partial charge in [-0.1, -0.05) is 0 Å². The summed E-state index contributed by atoms with van der Waals surface area (Å²) >= 11 is 0. The van der Waals surface area contributed by atoms with Gasteiger partial charge >= 0.3 is 6.18 Å². The summed E-state index contributed by atoms with van der Waals surface area (Å²) in [5, 5.41) is 5.99. The van der Waals surface area contributed by atoms with Gasteiger partial charge in [0.15, 0.2) is 0 Å². The highest BCUT2D eigenvalue weighted by Gasteiger charge is 2.32. The van der Waals surface area contributed by atoms with Gasteiger partial charge < -0.3 is 10.6 Å². The highest BCUT2D eigenvalue weighted by atomic mass is 19.4. The lowest BCUT2D eigenvalue weighted by atomic mass is 10.1. The summed E-state index contributed by atoms with van der Waals surface area (Å²) in [4.78, 5) is 15.0. The maximum Gasteiger partial charge on any atom is 0.433 e. The van der Waals surface area contributed by atoms with E-state index in [1.165, 1.54) is 0 Å². The van der Waals surface area contributed by atoms with Gasteiger partial charge in [-0.2, -0.15) is 13.2 Å². The zero-order valence-electron chi connectivity index (χ0n) is 10.8. The molecule has 1 aromatic heterocycles. The maximum atomic E-state index is 12.3. The Hall–Kier alpha value is -1.63. The van der Waals surface area contributed by atoms with E-state index in [0.29, 0.717) is 12.6 Å². The predicted molar refractivity (Wildman–Crippen MR) is 67.2 cm³/mol. The van der Waals surface area contributed by atoms with Gasteiger partial charge in [0.05, 0.1) is 5.56 Å². The summed E-state index contributed by atoms with van der Waals surface area (Å²) in [6.45, 7) is 1.50. The summed E-state index contributed by atoms with van der Waals surface area (Å²) in [6, 6.07) is 2.37. The second-order valence-corrected chi connectivity index (χ2v) is 4.77. The normalized spacial score (nSPS) is 19.1. The fraction of sp³-hybridized carbons (Fsp3) is 0.538. The van der Waals surface area contributed by atoms with E-state index in [0.717, 1.165) is 44.1 Å². The average molecular weight is 287 g/mol. The van der Waals surface area contributed by atoms with E-state index in [1.54, 1.807) is 0 Å². The minimum absolute atomic E-state index is 0.136. The third-order valence-electron chi connectivity index (χ3n) is 3.26. The van der Waals surface area contributed by atoms with Crippen LogP contribution >= 0.6 is 0 Å². The lowest BCUT2D eigenvalue weighted by Crippen LogP contribution is -2.30. The number of amides is 1. The van der Waals surface area contributed by atoms with E-state index in [4.69, 9.17) is 0 Å². The van der Waals surface area contributed by atoms with E-state index in [1.807, 2.05) is 0 Å². The van der Waals surface area contributed by atoms with Gasteiger partial charge in [0.1, 0.15) is 5.69 Å². The summed E-state index contributed by atoms with van der Waals surface area (Å²) in [5.41, 5.74) is -0.860. The summed E-state index contributed by atoms with van der Waals surface area (Å²) in [6.07, 6.45) is -0.478. The van der Waals surface area contributed by atoms with E-state index in [9.17, 15) is 18.0 Å². The van der Waals surface area contributed by atoms with Gasteiger partial charge in [0, 0.05) is 18.8 Å². The Bertz CT molecular complexity index is 453. The molecule has 110 valence electrons. The lowest BCUT2D eigenvalue weighted by Gasteiger charge is -2.11. The number of hydrogen-bond donors (Lipinski definition) is 2. The molecule has 1 aliphatic rings. The number of hydrogen-bond acceptors (Lipinski definition) is 3. The zero-order valence-corrected chi connectivity index (χ0v) is 10.8. The number of carbonyl (C=O) groups is 1. The van der Waals surface area contributed by atoms with Crippen molar-refractivity contribution in [2.45, 2.75) is 31.5 Å². The highest BCUT2D eigenvalue weighted by molar-refractivity contribution is 5.93. The van der Waals surface area contributed by atoms with Crippen molar-refractivity contribution in [3.8, 4) is 0 Å². The smallest absolute Gasteiger partial charge is 0.352 e. The Morgan fingerprint density at radius 3 is 2.80 bits per heavy atom. The number of alkyl halides is 3. The molecule has 1 fully saturated rings. The highest BCUT2D eigenvalue weighted by Crippen LogP contribution is 2.27. The molecule has 1 aromatic rings. The first kappa shape index (κ1) is 14.8. The van der Waals surface area contributed by atoms with Crippen LogP contribution in [0.2, 0.25) is 0 Å². The molecular formula is C13H16F3N3O. The van der Waals surface area contributed by atoms with Crippen molar-refractivity contribution in [1.29, 1.82) is 0 Å². The Labute approximate surface area is 114 Å². The lowest BCUT2D eigenvalue weighted by molar-refractivity contribution is -0.141. The third-order valence-corrected chi connectivity index (χ3v) is 3.26. The topological polar surface area (TPSA) is 54.0 Å². The van der Waals surface area contributed by atoms with Crippen LogP contribution in [0.1, 0.15) is 35.3 Å². The third kappa shape index (κ3) is 3.93. The Morgan fingerprint density at radius 2 is 2.25 bits per heavy atom. The van der Waals surface area contributed by atoms with Crippen molar-refractivity contribution in [1.82, 2.24) is 15.6 Å². The van der Waals surface area contributed by atoms with Crippen LogP contribution in [0.3, 0.4) is 0 Å². The molecule has 0 saturated carbocycles. The Balaban J connectivity index is 1.82. The van der Waals surface area contributed by atoms with Crippen molar-refractivity contribution in [3.63, 3.8) is 0 Å². The van der Waals surface area contributed by atoms with Gasteiger partial charge in [0.2, 0.25) is 0 Å². The van der Waals surface area contributed by atoms with Crippen molar-refractivity contribution >= 4 is 5.91 Å². The van der Waals surface area contributed by atoms with Crippen molar-refractivity contribution in [3.05, 3.63) is 29.6 Å². The molecule has 0 unspecified atom stereocenters. The molecule has 0 aliphatic carbocycles. The number of rotatable bonds is 4. The van der Waals surface area contributed by atoms with Crippen molar-refractivity contribution in [2.75, 3.05) is 13.1 Å².